The maximum Gasteiger partial charge on any atom is 0.308 e. The van der Waals surface area contributed by atoms with Gasteiger partial charge in [-0.3, -0.25) is 4.79 Å². The second kappa shape index (κ2) is 4.63. The van der Waals surface area contributed by atoms with Crippen molar-refractivity contribution in [3.8, 4) is 0 Å². The number of carbonyl (C=O) groups is 1. The van der Waals surface area contributed by atoms with E-state index in [1.54, 1.807) is 11.3 Å². The number of halogens is 1. The normalized spacial score (nSPS) is 24.9. The van der Waals surface area contributed by atoms with Crippen LogP contribution < -0.4 is 5.32 Å². The van der Waals surface area contributed by atoms with E-state index >= 15 is 0 Å². The van der Waals surface area contributed by atoms with Gasteiger partial charge in [-0.2, -0.15) is 0 Å². The predicted molar refractivity (Wildman–Crippen MR) is 63.0 cm³/mol. The van der Waals surface area contributed by atoms with Gasteiger partial charge in [0.1, 0.15) is 0 Å². The maximum absolute atomic E-state index is 10.8. The molecule has 0 aliphatic heterocycles. The van der Waals surface area contributed by atoms with Crippen LogP contribution in [0.15, 0.2) is 15.9 Å². The highest BCUT2D eigenvalue weighted by molar-refractivity contribution is 9.11. The van der Waals surface area contributed by atoms with Crippen LogP contribution in [0.4, 0.5) is 0 Å². The molecule has 2 atom stereocenters. The molecule has 15 heavy (non-hydrogen) atoms. The second-order valence-corrected chi connectivity index (χ2v) is 6.26. The van der Waals surface area contributed by atoms with Crippen molar-refractivity contribution in [3.63, 3.8) is 0 Å². The molecule has 2 rings (SSSR count). The van der Waals surface area contributed by atoms with Crippen molar-refractivity contribution in [1.82, 2.24) is 5.32 Å². The molecule has 0 amide bonds. The van der Waals surface area contributed by atoms with Crippen LogP contribution in [0.5, 0.6) is 0 Å². The minimum Gasteiger partial charge on any atom is -0.481 e. The summed E-state index contributed by atoms with van der Waals surface area (Å²) in [7, 11) is 0. The largest absolute Gasteiger partial charge is 0.481 e. The minimum atomic E-state index is -0.675. The third-order valence-corrected chi connectivity index (χ3v) is 4.38. The van der Waals surface area contributed by atoms with Crippen molar-refractivity contribution in [2.45, 2.75) is 25.4 Å². The fraction of sp³-hybridized carbons (Fsp3) is 0.500. The molecule has 0 bridgehead atoms. The van der Waals surface area contributed by atoms with Gasteiger partial charge >= 0.3 is 5.97 Å². The summed E-state index contributed by atoms with van der Waals surface area (Å²) in [5.74, 6) is -0.862. The van der Waals surface area contributed by atoms with E-state index in [9.17, 15) is 4.79 Å². The van der Waals surface area contributed by atoms with E-state index in [0.717, 1.165) is 23.2 Å². The lowest BCUT2D eigenvalue weighted by Gasteiger charge is -2.33. The molecule has 0 saturated heterocycles. The Kier molecular flexibility index (Phi) is 3.43. The molecular weight excluding hydrogens is 278 g/mol. The number of thiophene rings is 1. The van der Waals surface area contributed by atoms with E-state index in [1.807, 2.05) is 6.07 Å². The Labute approximate surface area is 101 Å². The molecule has 5 heteroatoms. The molecule has 0 aromatic carbocycles. The van der Waals surface area contributed by atoms with Crippen LogP contribution in [0, 0.1) is 5.92 Å². The summed E-state index contributed by atoms with van der Waals surface area (Å²) in [5.41, 5.74) is 0. The average Bonchev–Trinajstić information content (AvgIpc) is 2.48. The Balaban J connectivity index is 1.81. The second-order valence-electron chi connectivity index (χ2n) is 3.72. The first-order valence-electron chi connectivity index (χ1n) is 4.87. The SMILES string of the molecule is O=C(O)C1CCC1NCc1ccc(Br)s1. The lowest BCUT2D eigenvalue weighted by molar-refractivity contribution is -0.146. The van der Waals surface area contributed by atoms with Crippen molar-refractivity contribution in [2.75, 3.05) is 0 Å². The van der Waals surface area contributed by atoms with E-state index < -0.39 is 5.97 Å². The van der Waals surface area contributed by atoms with Gasteiger partial charge in [0.05, 0.1) is 9.70 Å². The van der Waals surface area contributed by atoms with Gasteiger partial charge in [-0.25, -0.2) is 0 Å². The topological polar surface area (TPSA) is 49.3 Å². The molecule has 1 aliphatic carbocycles. The summed E-state index contributed by atoms with van der Waals surface area (Å²) in [6, 6.07) is 4.22. The zero-order valence-corrected chi connectivity index (χ0v) is 10.5. The van der Waals surface area contributed by atoms with Gasteiger partial charge in [0.2, 0.25) is 0 Å². The van der Waals surface area contributed by atoms with Gasteiger partial charge in [-0.05, 0) is 40.9 Å². The Morgan fingerprint density at radius 2 is 2.40 bits per heavy atom. The number of rotatable bonds is 4. The monoisotopic (exact) mass is 289 g/mol. The summed E-state index contributed by atoms with van der Waals surface area (Å²) in [4.78, 5) is 12.0. The number of nitrogens with one attached hydrogen (secondary N) is 1. The lowest BCUT2D eigenvalue weighted by atomic mass is 9.79. The smallest absolute Gasteiger partial charge is 0.308 e. The fourth-order valence-corrected chi connectivity index (χ4v) is 3.15. The molecule has 82 valence electrons. The molecule has 0 spiro atoms. The molecule has 1 aromatic heterocycles. The van der Waals surface area contributed by atoms with E-state index in [4.69, 9.17) is 5.11 Å². The van der Waals surface area contributed by atoms with Gasteiger partial charge in [-0.1, -0.05) is 0 Å². The molecule has 1 saturated carbocycles. The molecule has 1 aliphatic rings. The van der Waals surface area contributed by atoms with Crippen LogP contribution in [-0.2, 0) is 11.3 Å². The summed E-state index contributed by atoms with van der Waals surface area (Å²) in [6.45, 7) is 0.769. The van der Waals surface area contributed by atoms with Crippen LogP contribution in [0.3, 0.4) is 0 Å². The molecule has 2 N–H and O–H groups in total. The first-order valence-corrected chi connectivity index (χ1v) is 6.48. The van der Waals surface area contributed by atoms with Crippen molar-refractivity contribution in [3.05, 3.63) is 20.8 Å². The van der Waals surface area contributed by atoms with Crippen molar-refractivity contribution >= 4 is 33.2 Å². The molecular formula is C10H12BrNO2S. The van der Waals surface area contributed by atoms with Crippen LogP contribution in [0.1, 0.15) is 17.7 Å². The molecule has 2 unspecified atom stereocenters. The van der Waals surface area contributed by atoms with Gasteiger partial charge in [-0.15, -0.1) is 11.3 Å². The Hall–Kier alpha value is -0.390. The van der Waals surface area contributed by atoms with Crippen LogP contribution >= 0.6 is 27.3 Å². The zero-order chi connectivity index (χ0) is 10.8. The Bertz CT molecular complexity index is 366. The molecule has 1 heterocycles. The molecule has 1 fully saturated rings. The highest BCUT2D eigenvalue weighted by Gasteiger charge is 2.35. The van der Waals surface area contributed by atoms with Gasteiger partial charge in [0.15, 0.2) is 0 Å². The maximum atomic E-state index is 10.8. The fourth-order valence-electron chi connectivity index (χ4n) is 1.72. The van der Waals surface area contributed by atoms with Crippen molar-refractivity contribution in [2.24, 2.45) is 5.92 Å². The van der Waals surface area contributed by atoms with Crippen molar-refractivity contribution < 1.29 is 9.90 Å². The van der Waals surface area contributed by atoms with E-state index in [0.29, 0.717) is 0 Å². The standard InChI is InChI=1S/C10H12BrNO2S/c11-9-4-1-6(15-9)5-12-8-3-2-7(8)10(13)14/h1,4,7-8,12H,2-3,5H2,(H,13,14). The summed E-state index contributed by atoms with van der Waals surface area (Å²) >= 11 is 5.08. The third kappa shape index (κ3) is 2.59. The zero-order valence-electron chi connectivity index (χ0n) is 8.07. The van der Waals surface area contributed by atoms with Crippen molar-refractivity contribution in [1.29, 1.82) is 0 Å². The third-order valence-electron chi connectivity index (χ3n) is 2.76. The number of hydrogen-bond donors (Lipinski definition) is 2. The number of carboxylic acid groups (broad SMARTS) is 1. The quantitative estimate of drug-likeness (QED) is 0.895. The number of hydrogen-bond acceptors (Lipinski definition) is 3. The van der Waals surface area contributed by atoms with E-state index in [2.05, 4.69) is 27.3 Å². The van der Waals surface area contributed by atoms with Crippen LogP contribution in [0.25, 0.3) is 0 Å². The first-order chi connectivity index (χ1) is 7.16. The summed E-state index contributed by atoms with van der Waals surface area (Å²) < 4.78 is 1.11. The molecule has 1 aromatic rings. The minimum absolute atomic E-state index is 0.156. The average molecular weight is 290 g/mol. The first kappa shape index (κ1) is 11.1. The van der Waals surface area contributed by atoms with Gasteiger partial charge < -0.3 is 10.4 Å². The Morgan fingerprint density at radius 1 is 1.60 bits per heavy atom. The van der Waals surface area contributed by atoms with Crippen LogP contribution in [-0.4, -0.2) is 17.1 Å². The van der Waals surface area contributed by atoms with E-state index in [-0.39, 0.29) is 12.0 Å². The predicted octanol–water partition coefficient (Wildman–Crippen LogP) is 2.46. The van der Waals surface area contributed by atoms with E-state index in [1.165, 1.54) is 4.88 Å². The lowest BCUT2D eigenvalue weighted by Crippen LogP contribution is -2.47. The number of aliphatic carboxylic acids is 1. The summed E-state index contributed by atoms with van der Waals surface area (Å²) in [6.07, 6.45) is 1.78. The van der Waals surface area contributed by atoms with Gasteiger partial charge in [0, 0.05) is 17.5 Å². The highest BCUT2D eigenvalue weighted by atomic mass is 79.9. The molecule has 0 radical (unpaired) electrons. The van der Waals surface area contributed by atoms with Crippen LogP contribution in [0.2, 0.25) is 0 Å². The highest BCUT2D eigenvalue weighted by Crippen LogP contribution is 2.28. The summed E-state index contributed by atoms with van der Waals surface area (Å²) in [5, 5.41) is 12.1. The van der Waals surface area contributed by atoms with Gasteiger partial charge in [0.25, 0.3) is 0 Å². The number of carboxylic acids is 1. The molecule has 3 nitrogen and oxygen atoms in total. The Morgan fingerprint density at radius 3 is 2.87 bits per heavy atom.